The van der Waals surface area contributed by atoms with Crippen LogP contribution in [-0.2, 0) is 20.4 Å². The van der Waals surface area contributed by atoms with Gasteiger partial charge in [0.15, 0.2) is 11.7 Å². The van der Waals surface area contributed by atoms with Gasteiger partial charge in [0, 0.05) is 25.3 Å². The van der Waals surface area contributed by atoms with Crippen LogP contribution in [0.5, 0.6) is 0 Å². The minimum atomic E-state index is -0.0877. The van der Waals surface area contributed by atoms with Crippen LogP contribution in [0.3, 0.4) is 0 Å². The highest BCUT2D eigenvalue weighted by atomic mass is 16.5. The molecular weight excluding hydrogens is 456 g/mol. The number of methoxy groups -OCH3 is 1. The van der Waals surface area contributed by atoms with Gasteiger partial charge in [0.05, 0.1) is 29.8 Å². The largest absolute Gasteiger partial charge is 0.502 e. The summed E-state index contributed by atoms with van der Waals surface area (Å²) in [5.74, 6) is 0.896. The van der Waals surface area contributed by atoms with Crippen LogP contribution < -0.4 is 4.57 Å². The highest BCUT2D eigenvalue weighted by molar-refractivity contribution is 6.23. The van der Waals surface area contributed by atoms with Crippen molar-refractivity contribution < 1.29 is 14.0 Å². The number of hydrogen-bond acceptors (Lipinski definition) is 3. The van der Waals surface area contributed by atoms with Crippen LogP contribution in [0.15, 0.2) is 60.5 Å². The number of allylic oxidation sites excluding steroid dienone is 1. The first kappa shape index (κ1) is 25.7. The van der Waals surface area contributed by atoms with E-state index < -0.39 is 0 Å². The normalized spacial score (nSPS) is 22.3. The second kappa shape index (κ2) is 9.72. The Bertz CT molecular complexity index is 1510. The van der Waals surface area contributed by atoms with E-state index >= 15 is 0 Å². The molecule has 5 rings (SSSR count). The predicted molar refractivity (Wildman–Crippen MR) is 153 cm³/mol. The monoisotopic (exact) mass is 497 g/mol. The Hall–Kier alpha value is -2.98. The average molecular weight is 498 g/mol. The Morgan fingerprint density at radius 1 is 1.05 bits per heavy atom. The lowest BCUT2D eigenvalue weighted by atomic mass is 9.58. The fourth-order valence-electron chi connectivity index (χ4n) is 7.07. The molecule has 0 fully saturated rings. The summed E-state index contributed by atoms with van der Waals surface area (Å²) in [5.41, 5.74) is 4.84. The van der Waals surface area contributed by atoms with Gasteiger partial charge in [-0.15, -0.1) is 0 Å². The SMILES string of the molecule is CCC1(CCCOC(C)C=C(C)OC)c2cccc3c4ccccc4c4nc(C)c[n+](c4c23)C1(C)CC. The molecule has 4 aromatic rings. The van der Waals surface area contributed by atoms with Gasteiger partial charge in [0.1, 0.15) is 11.2 Å². The van der Waals surface area contributed by atoms with E-state index in [4.69, 9.17) is 14.5 Å². The maximum absolute atomic E-state index is 6.20. The number of hydrogen-bond donors (Lipinski definition) is 0. The van der Waals surface area contributed by atoms with Gasteiger partial charge >= 0.3 is 0 Å². The first-order chi connectivity index (χ1) is 17.8. The van der Waals surface area contributed by atoms with Crippen LogP contribution in [0, 0.1) is 6.92 Å². The molecule has 4 nitrogen and oxygen atoms in total. The van der Waals surface area contributed by atoms with E-state index in [-0.39, 0.29) is 17.1 Å². The Morgan fingerprint density at radius 2 is 1.78 bits per heavy atom. The molecule has 0 spiro atoms. The molecule has 194 valence electrons. The summed E-state index contributed by atoms with van der Waals surface area (Å²) >= 11 is 0. The third-order valence-corrected chi connectivity index (χ3v) is 9.13. The lowest BCUT2D eigenvalue weighted by Crippen LogP contribution is -2.67. The van der Waals surface area contributed by atoms with Crippen LogP contribution in [0.4, 0.5) is 0 Å². The van der Waals surface area contributed by atoms with Crippen LogP contribution in [0.25, 0.3) is 32.6 Å². The molecule has 0 saturated carbocycles. The number of rotatable bonds is 9. The van der Waals surface area contributed by atoms with Crippen LogP contribution in [0.1, 0.15) is 71.6 Å². The first-order valence-corrected chi connectivity index (χ1v) is 13.8. The number of aromatic nitrogens is 2. The maximum Gasteiger partial charge on any atom is 0.240 e. The Kier molecular flexibility index (Phi) is 6.74. The molecule has 0 aliphatic carbocycles. The quantitative estimate of drug-likeness (QED) is 0.103. The molecule has 1 aromatic heterocycles. The van der Waals surface area contributed by atoms with Crippen LogP contribution >= 0.6 is 0 Å². The van der Waals surface area contributed by atoms with Crippen molar-refractivity contribution in [2.24, 2.45) is 0 Å². The fourth-order valence-corrected chi connectivity index (χ4v) is 7.07. The fraction of sp³-hybridized carbons (Fsp3) is 0.455. The van der Waals surface area contributed by atoms with Gasteiger partial charge in [0.25, 0.3) is 0 Å². The lowest BCUT2D eigenvalue weighted by molar-refractivity contribution is -0.752. The van der Waals surface area contributed by atoms with Gasteiger partial charge in [-0.2, -0.15) is 4.57 Å². The van der Waals surface area contributed by atoms with E-state index in [1.165, 1.54) is 32.6 Å². The Morgan fingerprint density at radius 3 is 2.49 bits per heavy atom. The Labute approximate surface area is 221 Å². The minimum Gasteiger partial charge on any atom is -0.502 e. The second-order valence-electron chi connectivity index (χ2n) is 10.9. The Balaban J connectivity index is 1.70. The van der Waals surface area contributed by atoms with Gasteiger partial charge in [-0.3, -0.25) is 0 Å². The molecule has 0 N–H and O–H groups in total. The summed E-state index contributed by atoms with van der Waals surface area (Å²) < 4.78 is 14.1. The van der Waals surface area contributed by atoms with Crippen molar-refractivity contribution in [3.05, 3.63) is 71.8 Å². The molecule has 3 aromatic carbocycles. The van der Waals surface area contributed by atoms with Gasteiger partial charge in [-0.05, 0) is 62.4 Å². The van der Waals surface area contributed by atoms with E-state index in [2.05, 4.69) is 87.8 Å². The van der Waals surface area contributed by atoms with E-state index in [0.717, 1.165) is 49.3 Å². The summed E-state index contributed by atoms with van der Waals surface area (Å²) in [6.07, 6.45) is 8.55. The van der Waals surface area contributed by atoms with Crippen molar-refractivity contribution in [3.8, 4) is 0 Å². The second-order valence-corrected chi connectivity index (χ2v) is 10.9. The highest BCUT2D eigenvalue weighted by Gasteiger charge is 2.58. The van der Waals surface area contributed by atoms with Crippen molar-refractivity contribution >= 4 is 32.6 Å². The zero-order valence-electron chi connectivity index (χ0n) is 23.5. The van der Waals surface area contributed by atoms with Gasteiger partial charge < -0.3 is 9.47 Å². The average Bonchev–Trinajstić information content (AvgIpc) is 2.91. The maximum atomic E-state index is 6.20. The van der Waals surface area contributed by atoms with E-state index in [1.807, 2.05) is 13.0 Å². The number of nitrogens with zero attached hydrogens (tertiary/aromatic N) is 2. The van der Waals surface area contributed by atoms with Crippen molar-refractivity contribution in [2.75, 3.05) is 13.7 Å². The number of aryl methyl sites for hydroxylation is 1. The first-order valence-electron chi connectivity index (χ1n) is 13.8. The molecular formula is C33H41N2O2+. The van der Waals surface area contributed by atoms with Crippen molar-refractivity contribution in [3.63, 3.8) is 0 Å². The van der Waals surface area contributed by atoms with Gasteiger partial charge in [-0.1, -0.05) is 56.3 Å². The third-order valence-electron chi connectivity index (χ3n) is 9.13. The standard InChI is InChI=1S/C33H41N2O2/c1-8-32(6)33(9-2,18-13-19-37-24(5)20-23(4)36-7)28-17-12-16-26-25-14-10-11-15-27(25)30-31(29(26)28)35(32)21-22(3)34-30/h10-12,14-17,20-21,24H,8-9,13,18-19H2,1-7H3/q+1. The summed E-state index contributed by atoms with van der Waals surface area (Å²) in [6, 6.07) is 15.7. The molecule has 1 aliphatic rings. The lowest BCUT2D eigenvalue weighted by Gasteiger charge is -2.47. The molecule has 3 atom stereocenters. The molecule has 3 unspecified atom stereocenters. The van der Waals surface area contributed by atoms with E-state index in [1.54, 1.807) is 7.11 Å². The summed E-state index contributed by atoms with van der Waals surface area (Å²) in [5, 5.41) is 5.24. The predicted octanol–water partition coefficient (Wildman–Crippen LogP) is 7.66. The molecule has 0 bridgehead atoms. The van der Waals surface area contributed by atoms with Crippen molar-refractivity contribution in [1.82, 2.24) is 4.98 Å². The zero-order valence-corrected chi connectivity index (χ0v) is 23.5. The molecule has 4 heteroatoms. The summed E-state index contributed by atoms with van der Waals surface area (Å²) in [6.45, 7) is 14.1. The van der Waals surface area contributed by atoms with Gasteiger partial charge in [-0.25, -0.2) is 4.98 Å². The molecule has 37 heavy (non-hydrogen) atoms. The number of fused-ring (bicyclic) bond motifs is 3. The van der Waals surface area contributed by atoms with E-state index in [9.17, 15) is 0 Å². The van der Waals surface area contributed by atoms with Crippen molar-refractivity contribution in [2.45, 2.75) is 84.3 Å². The van der Waals surface area contributed by atoms with Crippen molar-refractivity contribution in [1.29, 1.82) is 0 Å². The van der Waals surface area contributed by atoms with E-state index in [0.29, 0.717) is 0 Å². The van der Waals surface area contributed by atoms with Crippen LogP contribution in [0.2, 0.25) is 0 Å². The number of ether oxygens (including phenoxy) is 2. The summed E-state index contributed by atoms with van der Waals surface area (Å²) in [7, 11) is 1.70. The third kappa shape index (κ3) is 3.84. The zero-order chi connectivity index (χ0) is 26.4. The molecule has 2 heterocycles. The molecule has 1 aliphatic heterocycles. The topological polar surface area (TPSA) is 35.2 Å². The summed E-state index contributed by atoms with van der Waals surface area (Å²) in [4.78, 5) is 5.13. The molecule has 0 radical (unpaired) electrons. The van der Waals surface area contributed by atoms with Crippen LogP contribution in [-0.4, -0.2) is 24.8 Å². The van der Waals surface area contributed by atoms with Gasteiger partial charge in [0.2, 0.25) is 5.52 Å². The molecule has 0 saturated heterocycles. The number of benzene rings is 3. The smallest absolute Gasteiger partial charge is 0.240 e. The molecule has 0 amide bonds. The minimum absolute atomic E-state index is 0.0208. The highest BCUT2D eigenvalue weighted by Crippen LogP contribution is 2.53.